The first kappa shape index (κ1) is 24.9. The summed E-state index contributed by atoms with van der Waals surface area (Å²) in [6, 6.07) is 8.32. The fraction of sp³-hybridized carbons (Fsp3) is 0.148. The Morgan fingerprint density at radius 2 is 1.51 bits per heavy atom. The van der Waals surface area contributed by atoms with E-state index in [9.17, 15) is 17.6 Å². The Bertz CT molecular complexity index is 1520. The van der Waals surface area contributed by atoms with Gasteiger partial charge in [0, 0.05) is 26.3 Å². The lowest BCUT2D eigenvalue weighted by atomic mass is 10.1. The van der Waals surface area contributed by atoms with Crippen LogP contribution in [0.3, 0.4) is 0 Å². The third-order valence-electron chi connectivity index (χ3n) is 4.91. The Balaban J connectivity index is 1.58. The highest BCUT2D eigenvalue weighted by Gasteiger charge is 2.14. The highest BCUT2D eigenvalue weighted by atomic mass is 32.1. The molecule has 0 saturated carbocycles. The summed E-state index contributed by atoms with van der Waals surface area (Å²) in [5.74, 6) is 7.88. The summed E-state index contributed by atoms with van der Waals surface area (Å²) in [7, 11) is 0. The van der Waals surface area contributed by atoms with Gasteiger partial charge >= 0.3 is 0 Å². The minimum Gasteiger partial charge on any atom is -0.205 e. The van der Waals surface area contributed by atoms with Gasteiger partial charge in [0.25, 0.3) is 0 Å². The second-order valence-corrected chi connectivity index (χ2v) is 9.76. The number of unbranched alkanes of at least 4 members (excludes halogenated alkanes) is 2. The summed E-state index contributed by atoms with van der Waals surface area (Å²) in [4.78, 5) is 4.69. The number of hydrogen-bond acceptors (Lipinski definition) is 4. The smallest absolute Gasteiger partial charge is 0.153 e. The van der Waals surface area contributed by atoms with Crippen molar-refractivity contribution in [2.24, 2.45) is 4.99 Å². The molecule has 0 fully saturated rings. The molecule has 0 N–H and O–H groups in total. The molecule has 4 aromatic rings. The van der Waals surface area contributed by atoms with E-state index in [1.54, 1.807) is 12.1 Å². The van der Waals surface area contributed by atoms with E-state index in [0.29, 0.717) is 21.7 Å². The Kier molecular flexibility index (Phi) is 7.80. The topological polar surface area (TPSA) is 12.4 Å². The van der Waals surface area contributed by atoms with Gasteiger partial charge in [0.05, 0.1) is 15.6 Å². The maximum atomic E-state index is 14.4. The third kappa shape index (κ3) is 5.70. The fourth-order valence-corrected chi connectivity index (χ4v) is 5.55. The SMILES string of the molecule is CCCCC#Cc1cc(F)c(C#Cc2cc3sc(-c4cc(F)c(N=C=S)c(F)c4)cc3s2)c(F)c1. The van der Waals surface area contributed by atoms with Gasteiger partial charge in [-0.15, -0.1) is 22.7 Å². The molecule has 174 valence electrons. The van der Waals surface area contributed by atoms with Gasteiger partial charge in [-0.2, -0.15) is 4.99 Å². The van der Waals surface area contributed by atoms with Gasteiger partial charge in [0.2, 0.25) is 0 Å². The van der Waals surface area contributed by atoms with Gasteiger partial charge in [-0.1, -0.05) is 37.0 Å². The number of thiophene rings is 2. The molecule has 2 heterocycles. The van der Waals surface area contributed by atoms with Crippen molar-refractivity contribution in [1.29, 1.82) is 0 Å². The first-order chi connectivity index (χ1) is 16.9. The minimum absolute atomic E-state index is 0.279. The zero-order valence-corrected chi connectivity index (χ0v) is 20.7. The van der Waals surface area contributed by atoms with Crippen LogP contribution >= 0.6 is 34.9 Å². The zero-order valence-electron chi connectivity index (χ0n) is 18.3. The van der Waals surface area contributed by atoms with Crippen LogP contribution in [-0.4, -0.2) is 5.16 Å². The lowest BCUT2D eigenvalue weighted by molar-refractivity contribution is 0.577. The quantitative estimate of drug-likeness (QED) is 0.0852. The number of thiocarbonyl (C=S) groups is 1. The molecule has 4 rings (SSSR count). The molecule has 0 radical (unpaired) electrons. The van der Waals surface area contributed by atoms with E-state index >= 15 is 0 Å². The summed E-state index contributed by atoms with van der Waals surface area (Å²) in [5, 5.41) is 1.96. The second-order valence-electron chi connectivity index (χ2n) is 7.41. The van der Waals surface area contributed by atoms with E-state index in [0.717, 1.165) is 22.2 Å². The third-order valence-corrected chi connectivity index (χ3v) is 7.26. The maximum Gasteiger partial charge on any atom is 0.153 e. The Labute approximate surface area is 213 Å². The highest BCUT2D eigenvalue weighted by Crippen LogP contribution is 2.39. The van der Waals surface area contributed by atoms with Crippen LogP contribution in [0.15, 0.2) is 41.4 Å². The monoisotopic (exact) mass is 525 g/mol. The van der Waals surface area contributed by atoms with Crippen molar-refractivity contribution in [3.8, 4) is 34.1 Å². The molecule has 0 saturated heterocycles. The molecule has 0 atom stereocenters. The van der Waals surface area contributed by atoms with Crippen LogP contribution in [0.25, 0.3) is 19.8 Å². The van der Waals surface area contributed by atoms with Crippen molar-refractivity contribution >= 4 is 55.1 Å². The number of benzene rings is 2. The van der Waals surface area contributed by atoms with E-state index in [1.165, 1.54) is 46.9 Å². The molecule has 0 aliphatic rings. The molecule has 2 aromatic carbocycles. The van der Waals surface area contributed by atoms with Gasteiger partial charge in [-0.25, -0.2) is 17.6 Å². The van der Waals surface area contributed by atoms with Crippen molar-refractivity contribution < 1.29 is 17.6 Å². The van der Waals surface area contributed by atoms with Crippen molar-refractivity contribution in [3.05, 3.63) is 75.7 Å². The van der Waals surface area contributed by atoms with Crippen LogP contribution in [-0.2, 0) is 0 Å². The van der Waals surface area contributed by atoms with Crippen LogP contribution in [0.1, 0.15) is 42.2 Å². The number of nitrogens with zero attached hydrogens (tertiary/aromatic N) is 1. The second kappa shape index (κ2) is 11.0. The van der Waals surface area contributed by atoms with Crippen molar-refractivity contribution in [2.45, 2.75) is 26.2 Å². The van der Waals surface area contributed by atoms with Crippen molar-refractivity contribution in [2.75, 3.05) is 0 Å². The lowest BCUT2D eigenvalue weighted by Gasteiger charge is -2.02. The van der Waals surface area contributed by atoms with Gasteiger partial charge in [0.15, 0.2) is 11.6 Å². The van der Waals surface area contributed by atoms with Gasteiger partial charge in [-0.05, 0) is 60.6 Å². The van der Waals surface area contributed by atoms with Crippen LogP contribution in [0.2, 0.25) is 0 Å². The number of hydrogen-bond donors (Lipinski definition) is 0. The van der Waals surface area contributed by atoms with Crippen LogP contribution in [0.4, 0.5) is 23.2 Å². The minimum atomic E-state index is -0.831. The molecular weight excluding hydrogens is 510 g/mol. The Morgan fingerprint density at radius 3 is 2.14 bits per heavy atom. The Morgan fingerprint density at radius 1 is 0.829 bits per heavy atom. The molecule has 0 bridgehead atoms. The standard InChI is InChI=1S/C27H15F4NS3/c1-2-3-4-5-6-16-9-20(28)19(21(29)10-16)8-7-18-13-25-26(34-18)14-24(35-25)17-11-22(30)27(32-15-33)23(31)12-17/h9-14H,2-4H2,1H3. The van der Waals surface area contributed by atoms with E-state index in [2.05, 4.69) is 40.9 Å². The molecular formula is C27H15F4NS3. The number of fused-ring (bicyclic) bond motifs is 1. The molecule has 0 spiro atoms. The molecule has 0 unspecified atom stereocenters. The number of isothiocyanates is 1. The fourth-order valence-electron chi connectivity index (χ4n) is 3.22. The zero-order chi connectivity index (χ0) is 24.9. The number of rotatable bonds is 4. The predicted molar refractivity (Wildman–Crippen MR) is 138 cm³/mol. The van der Waals surface area contributed by atoms with E-state index in [-0.39, 0.29) is 11.1 Å². The van der Waals surface area contributed by atoms with E-state index < -0.39 is 29.0 Å². The predicted octanol–water partition coefficient (Wildman–Crippen LogP) is 8.86. The molecule has 1 nitrogen and oxygen atoms in total. The average Bonchev–Trinajstić information content (AvgIpc) is 3.37. The lowest BCUT2D eigenvalue weighted by Crippen LogP contribution is -1.92. The van der Waals surface area contributed by atoms with Crippen LogP contribution in [0, 0.1) is 47.0 Å². The van der Waals surface area contributed by atoms with Gasteiger partial charge < -0.3 is 0 Å². The molecule has 2 aromatic heterocycles. The normalized spacial score (nSPS) is 10.3. The molecule has 35 heavy (non-hydrogen) atoms. The maximum absolute atomic E-state index is 14.4. The summed E-state index contributed by atoms with van der Waals surface area (Å²) in [6.07, 6.45) is 2.61. The van der Waals surface area contributed by atoms with E-state index in [4.69, 9.17) is 0 Å². The summed E-state index contributed by atoms with van der Waals surface area (Å²) < 4.78 is 58.9. The summed E-state index contributed by atoms with van der Waals surface area (Å²) in [5.41, 5.74) is -0.144. The van der Waals surface area contributed by atoms with Crippen LogP contribution in [0.5, 0.6) is 0 Å². The first-order valence-corrected chi connectivity index (χ1v) is 12.5. The highest BCUT2D eigenvalue weighted by molar-refractivity contribution is 7.78. The first-order valence-electron chi connectivity index (χ1n) is 10.5. The van der Waals surface area contributed by atoms with E-state index in [1.807, 2.05) is 12.1 Å². The van der Waals surface area contributed by atoms with Crippen LogP contribution < -0.4 is 0 Å². The Hall–Kier alpha value is -3.26. The average molecular weight is 526 g/mol. The van der Waals surface area contributed by atoms with Crippen molar-refractivity contribution in [3.63, 3.8) is 0 Å². The van der Waals surface area contributed by atoms with Gasteiger partial charge in [0.1, 0.15) is 17.3 Å². The van der Waals surface area contributed by atoms with Crippen molar-refractivity contribution in [1.82, 2.24) is 0 Å². The van der Waals surface area contributed by atoms with Gasteiger partial charge in [-0.3, -0.25) is 0 Å². The number of halogens is 4. The molecule has 8 heteroatoms. The molecule has 0 amide bonds. The molecule has 0 aliphatic carbocycles. The molecule has 0 aliphatic heterocycles. The summed E-state index contributed by atoms with van der Waals surface area (Å²) in [6.45, 7) is 2.05. The summed E-state index contributed by atoms with van der Waals surface area (Å²) >= 11 is 7.06. The number of aliphatic imine (C=N–C) groups is 1. The largest absolute Gasteiger partial charge is 0.205 e.